The van der Waals surface area contributed by atoms with Crippen LogP contribution in [0.4, 0.5) is 0 Å². The molecule has 1 saturated carbocycles. The number of carbonyl (C=O) groups is 1. The summed E-state index contributed by atoms with van der Waals surface area (Å²) in [7, 11) is 0. The van der Waals surface area contributed by atoms with Gasteiger partial charge in [0.2, 0.25) is 0 Å². The summed E-state index contributed by atoms with van der Waals surface area (Å²) in [5.74, 6) is 0.681. The fraction of sp³-hybridized carbons (Fsp3) is 0.467. The monoisotopic (exact) mass is 273 g/mol. The van der Waals surface area contributed by atoms with Crippen molar-refractivity contribution in [2.24, 2.45) is 0 Å². The Bertz CT molecular complexity index is 644. The van der Waals surface area contributed by atoms with Gasteiger partial charge in [-0.3, -0.25) is 9.20 Å². The first-order chi connectivity index (χ1) is 9.74. The van der Waals surface area contributed by atoms with Gasteiger partial charge in [-0.1, -0.05) is 6.92 Å². The summed E-state index contributed by atoms with van der Waals surface area (Å²) in [6, 6.07) is 4.11. The van der Waals surface area contributed by atoms with Crippen LogP contribution >= 0.6 is 0 Å². The molecule has 0 bridgehead atoms. The quantitative estimate of drug-likeness (QED) is 0.908. The molecule has 0 aliphatic heterocycles. The SMILES string of the molecule is CCOc1cccn2c(C(=O)NC3CC3)c(CC)nc12. The number of amides is 1. The van der Waals surface area contributed by atoms with E-state index in [1.165, 1.54) is 0 Å². The molecule has 3 rings (SSSR count). The molecular weight excluding hydrogens is 254 g/mol. The maximum atomic E-state index is 12.4. The molecule has 0 atom stereocenters. The highest BCUT2D eigenvalue weighted by Gasteiger charge is 2.27. The number of aromatic nitrogens is 2. The van der Waals surface area contributed by atoms with Crippen LogP contribution in [-0.4, -0.2) is 27.9 Å². The molecule has 0 aromatic carbocycles. The lowest BCUT2D eigenvalue weighted by molar-refractivity contribution is 0.0944. The zero-order valence-corrected chi connectivity index (χ0v) is 11.8. The molecule has 2 heterocycles. The maximum absolute atomic E-state index is 12.4. The molecule has 0 spiro atoms. The number of fused-ring (bicyclic) bond motifs is 1. The lowest BCUT2D eigenvalue weighted by Crippen LogP contribution is -2.27. The molecule has 5 heteroatoms. The van der Waals surface area contributed by atoms with Gasteiger partial charge in [0.15, 0.2) is 11.4 Å². The van der Waals surface area contributed by atoms with Gasteiger partial charge in [-0.05, 0) is 38.3 Å². The number of rotatable bonds is 5. The minimum absolute atomic E-state index is 0.0366. The van der Waals surface area contributed by atoms with Crippen molar-refractivity contribution in [2.75, 3.05) is 6.61 Å². The number of hydrogen-bond acceptors (Lipinski definition) is 3. The van der Waals surface area contributed by atoms with Crippen LogP contribution in [-0.2, 0) is 6.42 Å². The number of imidazole rings is 1. The minimum atomic E-state index is -0.0366. The number of nitrogens with zero attached hydrogens (tertiary/aromatic N) is 2. The Balaban J connectivity index is 2.08. The average molecular weight is 273 g/mol. The smallest absolute Gasteiger partial charge is 0.270 e. The lowest BCUT2D eigenvalue weighted by atomic mass is 10.2. The van der Waals surface area contributed by atoms with Gasteiger partial charge in [-0.2, -0.15) is 0 Å². The predicted octanol–water partition coefficient (Wildman–Crippen LogP) is 2.19. The van der Waals surface area contributed by atoms with Crippen molar-refractivity contribution in [3.8, 4) is 5.75 Å². The molecule has 2 aromatic rings. The number of nitrogens with one attached hydrogen (secondary N) is 1. The van der Waals surface area contributed by atoms with Crippen molar-refractivity contribution in [1.29, 1.82) is 0 Å². The second kappa shape index (κ2) is 5.15. The molecule has 1 N–H and O–H groups in total. The van der Waals surface area contributed by atoms with Gasteiger partial charge in [0, 0.05) is 12.2 Å². The van der Waals surface area contributed by atoms with Crippen molar-refractivity contribution in [1.82, 2.24) is 14.7 Å². The van der Waals surface area contributed by atoms with Gasteiger partial charge in [0.05, 0.1) is 12.3 Å². The van der Waals surface area contributed by atoms with Gasteiger partial charge in [0.1, 0.15) is 5.69 Å². The third kappa shape index (κ3) is 2.24. The molecule has 20 heavy (non-hydrogen) atoms. The molecule has 0 radical (unpaired) electrons. The fourth-order valence-electron chi connectivity index (χ4n) is 2.33. The first kappa shape index (κ1) is 13.0. The summed E-state index contributed by atoms with van der Waals surface area (Å²) in [5.41, 5.74) is 2.17. The molecule has 1 fully saturated rings. The Hall–Kier alpha value is -2.04. The van der Waals surface area contributed by atoms with E-state index in [9.17, 15) is 4.79 Å². The first-order valence-corrected chi connectivity index (χ1v) is 7.18. The Labute approximate surface area is 118 Å². The van der Waals surface area contributed by atoms with Crippen molar-refractivity contribution < 1.29 is 9.53 Å². The van der Waals surface area contributed by atoms with Gasteiger partial charge < -0.3 is 10.1 Å². The van der Waals surface area contributed by atoms with Crippen LogP contribution in [0, 0.1) is 0 Å². The molecule has 0 saturated heterocycles. The van der Waals surface area contributed by atoms with Crippen LogP contribution in [0.3, 0.4) is 0 Å². The second-order valence-electron chi connectivity index (χ2n) is 5.01. The highest BCUT2D eigenvalue weighted by molar-refractivity contribution is 5.95. The van der Waals surface area contributed by atoms with Crippen molar-refractivity contribution in [3.63, 3.8) is 0 Å². The Kier molecular flexibility index (Phi) is 3.34. The number of pyridine rings is 1. The normalized spacial score (nSPS) is 14.5. The topological polar surface area (TPSA) is 55.6 Å². The van der Waals surface area contributed by atoms with E-state index in [2.05, 4.69) is 10.3 Å². The highest BCUT2D eigenvalue weighted by Crippen LogP contribution is 2.24. The Morgan fingerprint density at radius 2 is 2.30 bits per heavy atom. The first-order valence-electron chi connectivity index (χ1n) is 7.18. The maximum Gasteiger partial charge on any atom is 0.270 e. The van der Waals surface area contributed by atoms with Crippen molar-refractivity contribution >= 4 is 11.6 Å². The number of aryl methyl sites for hydroxylation is 1. The summed E-state index contributed by atoms with van der Waals surface area (Å²) in [4.78, 5) is 17.0. The van der Waals surface area contributed by atoms with Crippen LogP contribution in [0.5, 0.6) is 5.75 Å². The molecule has 1 amide bonds. The highest BCUT2D eigenvalue weighted by atomic mass is 16.5. The van der Waals surface area contributed by atoms with Crippen LogP contribution in [0.15, 0.2) is 18.3 Å². The van der Waals surface area contributed by atoms with Crippen molar-refractivity contribution in [3.05, 3.63) is 29.7 Å². The lowest BCUT2D eigenvalue weighted by Gasteiger charge is -2.07. The summed E-state index contributed by atoms with van der Waals surface area (Å²) in [5, 5.41) is 3.03. The van der Waals surface area contributed by atoms with Crippen LogP contribution in [0.1, 0.15) is 42.9 Å². The number of hydrogen-bond donors (Lipinski definition) is 1. The number of ether oxygens (including phenoxy) is 1. The minimum Gasteiger partial charge on any atom is -0.490 e. The van der Waals surface area contributed by atoms with E-state index in [0.717, 1.165) is 30.7 Å². The van der Waals surface area contributed by atoms with Gasteiger partial charge >= 0.3 is 0 Å². The summed E-state index contributed by atoms with van der Waals surface area (Å²) in [6.45, 7) is 4.53. The summed E-state index contributed by atoms with van der Waals surface area (Å²) >= 11 is 0. The summed E-state index contributed by atoms with van der Waals surface area (Å²) in [6.07, 6.45) is 4.74. The zero-order chi connectivity index (χ0) is 14.1. The second-order valence-corrected chi connectivity index (χ2v) is 5.01. The molecule has 5 nitrogen and oxygen atoms in total. The Morgan fingerprint density at radius 1 is 1.50 bits per heavy atom. The van der Waals surface area contributed by atoms with Gasteiger partial charge in [-0.25, -0.2) is 4.98 Å². The molecule has 1 aliphatic carbocycles. The van der Waals surface area contributed by atoms with E-state index in [1.807, 2.05) is 36.6 Å². The molecule has 106 valence electrons. The Morgan fingerprint density at radius 3 is 2.95 bits per heavy atom. The van der Waals surface area contributed by atoms with E-state index in [4.69, 9.17) is 4.74 Å². The van der Waals surface area contributed by atoms with E-state index < -0.39 is 0 Å². The largest absolute Gasteiger partial charge is 0.490 e. The van der Waals surface area contributed by atoms with Crippen LogP contribution in [0.25, 0.3) is 5.65 Å². The van der Waals surface area contributed by atoms with Crippen LogP contribution in [0.2, 0.25) is 0 Å². The summed E-state index contributed by atoms with van der Waals surface area (Å²) < 4.78 is 7.42. The van der Waals surface area contributed by atoms with E-state index in [0.29, 0.717) is 24.0 Å². The van der Waals surface area contributed by atoms with Gasteiger partial charge in [-0.15, -0.1) is 0 Å². The van der Waals surface area contributed by atoms with E-state index in [-0.39, 0.29) is 5.91 Å². The van der Waals surface area contributed by atoms with Crippen molar-refractivity contribution in [2.45, 2.75) is 39.2 Å². The van der Waals surface area contributed by atoms with E-state index in [1.54, 1.807) is 0 Å². The van der Waals surface area contributed by atoms with E-state index >= 15 is 0 Å². The standard InChI is InChI=1S/C15H19N3O2/c1-3-11-13(15(19)16-10-7-8-10)18-9-5-6-12(20-4-2)14(18)17-11/h5-6,9-10H,3-4,7-8H2,1-2H3,(H,16,19). The third-order valence-corrected chi connectivity index (χ3v) is 3.45. The fourth-order valence-corrected chi connectivity index (χ4v) is 2.33. The van der Waals surface area contributed by atoms with Crippen LogP contribution < -0.4 is 10.1 Å². The molecular formula is C15H19N3O2. The predicted molar refractivity (Wildman–Crippen MR) is 76.2 cm³/mol. The molecule has 0 unspecified atom stereocenters. The molecule has 1 aliphatic rings. The number of carbonyl (C=O) groups excluding carboxylic acids is 1. The molecule has 2 aromatic heterocycles. The zero-order valence-electron chi connectivity index (χ0n) is 11.8. The third-order valence-electron chi connectivity index (χ3n) is 3.45. The average Bonchev–Trinajstić information content (AvgIpc) is 3.16. The van der Waals surface area contributed by atoms with Gasteiger partial charge in [0.25, 0.3) is 5.91 Å².